The van der Waals surface area contributed by atoms with E-state index in [4.69, 9.17) is 0 Å². The summed E-state index contributed by atoms with van der Waals surface area (Å²) >= 11 is 0. The van der Waals surface area contributed by atoms with Crippen LogP contribution in [0.2, 0.25) is 0 Å². The highest BCUT2D eigenvalue weighted by molar-refractivity contribution is 7.87. The van der Waals surface area contributed by atoms with Crippen LogP contribution < -0.4 is 15.8 Å². The predicted octanol–water partition coefficient (Wildman–Crippen LogP) is 10.4. The standard InChI is InChI=1S/C56H67N3O14S4/c1-35(2)30-39-22-24-40(25-23-39)38(5)54(61)58-57-51(60)20-16-11-10-12-17-29-59-47-28-27-44-46(32-42(75(65,66)67)34-49(44)77(71,72)73)53(47)56(8,9)50(59)19-15-13-14-18-37(4)55(6,7)52-36(3)21-26-43-45(52)31-41(74(62,63)64)33-48(43)76(68,69)70/h13-15,18-19,21-28,31-35,38H,4,10-12,16-17,20,29-30H2,1-3,5-9H3,(H,57,60)(H,58,61)(H,62,63,64)(H,65,66,67)(H,68,69,70)(H,71,72,73)/b15-13+,18-14+,50-19+. The van der Waals surface area contributed by atoms with Crippen molar-refractivity contribution in [3.63, 3.8) is 0 Å². The molecule has 6 rings (SSSR count). The molecule has 2 amide bonds. The lowest BCUT2D eigenvalue weighted by Gasteiger charge is -2.30. The van der Waals surface area contributed by atoms with Gasteiger partial charge in [-0.15, -0.1) is 0 Å². The van der Waals surface area contributed by atoms with Gasteiger partial charge in [-0.2, -0.15) is 33.7 Å². The third-order valence-corrected chi connectivity index (χ3v) is 17.6. The molecule has 5 aromatic rings. The second kappa shape index (κ2) is 23.1. The summed E-state index contributed by atoms with van der Waals surface area (Å²) in [6, 6.07) is 17.9. The quantitative estimate of drug-likeness (QED) is 0.0172. The Morgan fingerprint density at radius 1 is 0.675 bits per heavy atom. The molecule has 0 saturated carbocycles. The number of hydrogen-bond donors (Lipinski definition) is 6. The van der Waals surface area contributed by atoms with Crippen molar-refractivity contribution >= 4 is 79.5 Å². The number of amides is 2. The van der Waals surface area contributed by atoms with Gasteiger partial charge in [0.05, 0.1) is 15.7 Å². The number of anilines is 1. The number of carbonyl (C=O) groups is 2. The fourth-order valence-electron chi connectivity index (χ4n) is 10.1. The lowest BCUT2D eigenvalue weighted by atomic mass is 9.74. The minimum absolute atomic E-state index is 0.0329. The monoisotopic (exact) mass is 1130 g/mol. The number of allylic oxidation sites excluding steroid dienone is 7. The van der Waals surface area contributed by atoms with Crippen LogP contribution in [0.3, 0.4) is 0 Å². The highest BCUT2D eigenvalue weighted by atomic mass is 32.2. The van der Waals surface area contributed by atoms with Crippen LogP contribution in [-0.2, 0) is 67.3 Å². The number of nitrogens with one attached hydrogen (secondary N) is 2. The van der Waals surface area contributed by atoms with Crippen molar-refractivity contribution in [2.24, 2.45) is 5.92 Å². The van der Waals surface area contributed by atoms with Gasteiger partial charge in [0.2, 0.25) is 11.8 Å². The van der Waals surface area contributed by atoms with Gasteiger partial charge in [0, 0.05) is 46.0 Å². The maximum Gasteiger partial charge on any atom is 0.295 e. The molecule has 77 heavy (non-hydrogen) atoms. The van der Waals surface area contributed by atoms with Gasteiger partial charge in [0.25, 0.3) is 40.5 Å². The van der Waals surface area contributed by atoms with Crippen molar-refractivity contribution in [2.75, 3.05) is 11.4 Å². The van der Waals surface area contributed by atoms with Crippen LogP contribution in [0.15, 0.2) is 141 Å². The van der Waals surface area contributed by atoms with E-state index in [1.165, 1.54) is 23.8 Å². The van der Waals surface area contributed by atoms with Crippen LogP contribution >= 0.6 is 0 Å². The molecule has 21 heteroatoms. The number of unbranched alkanes of at least 4 members (excludes halogenated alkanes) is 4. The third-order valence-electron chi connectivity index (χ3n) is 14.2. The van der Waals surface area contributed by atoms with E-state index in [1.54, 1.807) is 64.1 Å². The zero-order valence-corrected chi connectivity index (χ0v) is 47.6. The summed E-state index contributed by atoms with van der Waals surface area (Å²) in [5.74, 6) is -0.589. The van der Waals surface area contributed by atoms with Gasteiger partial charge in [0.1, 0.15) is 9.79 Å². The summed E-state index contributed by atoms with van der Waals surface area (Å²) < 4.78 is 140. The third kappa shape index (κ3) is 13.8. The Kier molecular flexibility index (Phi) is 18.1. The second-order valence-corrected chi connectivity index (χ2v) is 26.6. The van der Waals surface area contributed by atoms with Crippen LogP contribution in [-0.4, -0.2) is 70.2 Å². The summed E-state index contributed by atoms with van der Waals surface area (Å²) in [6.45, 7) is 19.9. The molecule has 0 saturated heterocycles. The summed E-state index contributed by atoms with van der Waals surface area (Å²) in [7, 11) is -19.8. The van der Waals surface area contributed by atoms with Crippen molar-refractivity contribution in [2.45, 2.75) is 137 Å². The molecular weight excluding hydrogens is 1070 g/mol. The molecular formula is C56H67N3O14S4. The first-order valence-electron chi connectivity index (χ1n) is 24.9. The van der Waals surface area contributed by atoms with Crippen LogP contribution in [0.25, 0.3) is 21.5 Å². The minimum atomic E-state index is -4.98. The second-order valence-electron chi connectivity index (χ2n) is 21.0. The van der Waals surface area contributed by atoms with Gasteiger partial charge in [-0.3, -0.25) is 38.7 Å². The minimum Gasteiger partial charge on any atom is -0.344 e. The molecule has 6 N–H and O–H groups in total. The SMILES string of the molecule is C=C(/C=C/C=C/C=C1/N(CCCCCCCC(=O)NNC(=O)C(C)c2ccc(CC(C)C)cc2)c2ccc3c(S(=O)(=O)O)cc(S(=O)(=O)O)cc3c2C1(C)C)C(C)(C)c1c(C)ccc2c(S(=O)(=O)O)cc(S(=O)(=O)O)cc12. The Hall–Kier alpha value is -6.04. The average molecular weight is 1130 g/mol. The molecule has 5 aromatic carbocycles. The first-order chi connectivity index (χ1) is 35.6. The zero-order chi connectivity index (χ0) is 57.2. The Balaban J connectivity index is 1.21. The predicted molar refractivity (Wildman–Crippen MR) is 298 cm³/mol. The highest BCUT2D eigenvalue weighted by Crippen LogP contribution is 2.52. The molecule has 1 heterocycles. The maximum absolute atomic E-state index is 12.8. The molecule has 0 fully saturated rings. The van der Waals surface area contributed by atoms with Gasteiger partial charge in [-0.25, -0.2) is 0 Å². The normalized spacial score (nSPS) is 15.3. The zero-order valence-electron chi connectivity index (χ0n) is 44.3. The van der Waals surface area contributed by atoms with E-state index in [-0.39, 0.29) is 39.8 Å². The Morgan fingerprint density at radius 3 is 1.79 bits per heavy atom. The fourth-order valence-corrected chi connectivity index (χ4v) is 12.8. The number of fused-ring (bicyclic) bond motifs is 4. The Bertz CT molecular complexity index is 3710. The molecule has 1 aliphatic rings. The topological polar surface area (TPSA) is 279 Å². The Labute approximate surface area is 452 Å². The summed E-state index contributed by atoms with van der Waals surface area (Å²) in [6.07, 6.45) is 13.4. The first kappa shape index (κ1) is 60.2. The van der Waals surface area contributed by atoms with Crippen molar-refractivity contribution < 1.29 is 61.5 Å². The summed E-state index contributed by atoms with van der Waals surface area (Å²) in [5, 5.41) is 0.417. The highest BCUT2D eigenvalue weighted by Gasteiger charge is 2.42. The number of hydrogen-bond acceptors (Lipinski definition) is 11. The van der Waals surface area contributed by atoms with E-state index in [0.717, 1.165) is 43.0 Å². The molecule has 0 spiro atoms. The van der Waals surface area contributed by atoms with E-state index in [0.29, 0.717) is 65.4 Å². The lowest BCUT2D eigenvalue weighted by Crippen LogP contribution is -2.43. The van der Waals surface area contributed by atoms with E-state index in [9.17, 15) is 61.5 Å². The van der Waals surface area contributed by atoms with Crippen molar-refractivity contribution in [1.29, 1.82) is 0 Å². The Morgan fingerprint density at radius 2 is 1.22 bits per heavy atom. The van der Waals surface area contributed by atoms with Crippen molar-refractivity contribution in [1.82, 2.24) is 10.9 Å². The molecule has 0 aliphatic carbocycles. The van der Waals surface area contributed by atoms with Gasteiger partial charge in [0.15, 0.2) is 0 Å². The first-order valence-corrected chi connectivity index (χ1v) is 30.7. The molecule has 414 valence electrons. The molecule has 17 nitrogen and oxygen atoms in total. The molecule has 0 aromatic heterocycles. The van der Waals surface area contributed by atoms with Crippen LogP contribution in [0, 0.1) is 12.8 Å². The molecule has 1 atom stereocenters. The van der Waals surface area contributed by atoms with Crippen molar-refractivity contribution in [3.8, 4) is 0 Å². The summed E-state index contributed by atoms with van der Waals surface area (Å²) in [4.78, 5) is 24.7. The maximum atomic E-state index is 12.8. The van der Waals surface area contributed by atoms with E-state index in [1.807, 2.05) is 49.1 Å². The van der Waals surface area contributed by atoms with Crippen LogP contribution in [0.5, 0.6) is 0 Å². The van der Waals surface area contributed by atoms with Gasteiger partial charge in [-0.05, 0) is 120 Å². The largest absolute Gasteiger partial charge is 0.344 e. The van der Waals surface area contributed by atoms with E-state index < -0.39 is 76.8 Å². The molecule has 0 bridgehead atoms. The van der Waals surface area contributed by atoms with Gasteiger partial charge in [-0.1, -0.05) is 134 Å². The summed E-state index contributed by atoms with van der Waals surface area (Å²) in [5.41, 5.74) is 8.73. The van der Waals surface area contributed by atoms with Crippen molar-refractivity contribution in [3.05, 3.63) is 149 Å². The van der Waals surface area contributed by atoms with E-state index in [2.05, 4.69) is 31.3 Å². The van der Waals surface area contributed by atoms with Gasteiger partial charge < -0.3 is 4.90 Å². The molecule has 1 aliphatic heterocycles. The molecule has 1 unspecified atom stereocenters. The number of nitrogens with zero attached hydrogens (tertiary/aromatic N) is 1. The van der Waals surface area contributed by atoms with Crippen LogP contribution in [0.1, 0.15) is 121 Å². The van der Waals surface area contributed by atoms with Gasteiger partial charge >= 0.3 is 0 Å². The number of benzene rings is 5. The number of rotatable bonds is 21. The van der Waals surface area contributed by atoms with E-state index >= 15 is 0 Å². The fraction of sp³-hybridized carbons (Fsp3) is 0.357. The smallest absolute Gasteiger partial charge is 0.295 e. The lowest BCUT2D eigenvalue weighted by molar-refractivity contribution is -0.129. The number of aryl methyl sites for hydroxylation is 1. The number of hydrazine groups is 1. The number of carbonyl (C=O) groups excluding carboxylic acids is 2. The average Bonchev–Trinajstić information content (AvgIpc) is 3.54. The molecule has 0 radical (unpaired) electrons. The van der Waals surface area contributed by atoms with Crippen LogP contribution in [0.4, 0.5) is 5.69 Å².